The fourth-order valence-corrected chi connectivity index (χ4v) is 1.11. The van der Waals surface area contributed by atoms with Crippen molar-refractivity contribution in [2.24, 2.45) is 0 Å². The molecule has 0 amide bonds. The van der Waals surface area contributed by atoms with Gasteiger partial charge in [0.25, 0.3) is 0 Å². The monoisotopic (exact) mass is 242 g/mol. The van der Waals surface area contributed by atoms with E-state index in [0.29, 0.717) is 0 Å². The molecule has 0 saturated carbocycles. The van der Waals surface area contributed by atoms with Gasteiger partial charge in [-0.2, -0.15) is 0 Å². The summed E-state index contributed by atoms with van der Waals surface area (Å²) in [6, 6.07) is 11.6. The van der Waals surface area contributed by atoms with Crippen molar-refractivity contribution in [3.05, 3.63) is 61.4 Å². The Bertz CT molecular complexity index is 446. The van der Waals surface area contributed by atoms with Gasteiger partial charge in [0.1, 0.15) is 0 Å². The Balaban J connectivity index is 0.000000232. The molecule has 18 heavy (non-hydrogen) atoms. The zero-order chi connectivity index (χ0) is 13.2. The number of aromatic nitrogens is 2. The third-order valence-corrected chi connectivity index (χ3v) is 1.96. The highest BCUT2D eigenvalue weighted by Gasteiger charge is 1.95. The fourth-order valence-electron chi connectivity index (χ4n) is 1.11. The molecule has 2 rings (SSSR count). The number of carbonyl (C=O) groups is 1. The molecule has 0 aliphatic carbocycles. The first-order valence-corrected chi connectivity index (χ1v) is 5.30. The molecular weight excluding hydrogens is 228 g/mol. The Hall–Kier alpha value is -2.49. The molecule has 0 saturated heterocycles. The fraction of sp³-hybridized carbons (Fsp3) is 0.0714. The highest BCUT2D eigenvalue weighted by Crippen LogP contribution is 2.10. The van der Waals surface area contributed by atoms with E-state index in [1.807, 2.05) is 36.4 Å². The molecule has 0 fully saturated rings. The first-order chi connectivity index (χ1) is 8.77. The number of hydrogen-bond acceptors (Lipinski definition) is 4. The Morgan fingerprint density at radius 3 is 1.83 bits per heavy atom. The third-order valence-electron chi connectivity index (χ3n) is 1.96. The van der Waals surface area contributed by atoms with Crippen LogP contribution in [0, 0.1) is 0 Å². The number of hydrogen-bond donors (Lipinski definition) is 0. The molecule has 0 radical (unpaired) electrons. The SMILES string of the molecule is C=CC(=O)OC.c1ccc(-c2ccccn2)nc1. The van der Waals surface area contributed by atoms with E-state index in [1.54, 1.807) is 12.4 Å². The van der Waals surface area contributed by atoms with E-state index >= 15 is 0 Å². The molecule has 0 unspecified atom stereocenters. The van der Waals surface area contributed by atoms with Crippen molar-refractivity contribution < 1.29 is 9.53 Å². The minimum Gasteiger partial charge on any atom is -0.466 e. The molecule has 4 heteroatoms. The second-order valence-corrected chi connectivity index (χ2v) is 3.16. The Labute approximate surface area is 106 Å². The molecule has 0 aromatic carbocycles. The van der Waals surface area contributed by atoms with E-state index in [0.717, 1.165) is 17.5 Å². The lowest BCUT2D eigenvalue weighted by molar-refractivity contribution is -0.134. The van der Waals surface area contributed by atoms with Gasteiger partial charge in [0.15, 0.2) is 0 Å². The van der Waals surface area contributed by atoms with E-state index in [2.05, 4.69) is 21.3 Å². The Kier molecular flexibility index (Phi) is 5.83. The van der Waals surface area contributed by atoms with Gasteiger partial charge in [-0.05, 0) is 24.3 Å². The standard InChI is InChI=1S/C10H8N2.C4H6O2/c1-3-7-11-9(5-1)10-6-2-4-8-12-10;1-3-4(5)6-2/h1-8H;3H,1H2,2H3. The van der Waals surface area contributed by atoms with Gasteiger partial charge in [-0.1, -0.05) is 18.7 Å². The first-order valence-electron chi connectivity index (χ1n) is 5.30. The van der Waals surface area contributed by atoms with Crippen LogP contribution in [0.25, 0.3) is 11.4 Å². The molecule has 4 nitrogen and oxygen atoms in total. The van der Waals surface area contributed by atoms with E-state index in [-0.39, 0.29) is 0 Å². The van der Waals surface area contributed by atoms with Crippen LogP contribution in [-0.4, -0.2) is 23.0 Å². The molecular formula is C14H14N2O2. The predicted molar refractivity (Wildman–Crippen MR) is 69.7 cm³/mol. The van der Waals surface area contributed by atoms with Crippen molar-refractivity contribution in [2.75, 3.05) is 7.11 Å². The van der Waals surface area contributed by atoms with Crippen molar-refractivity contribution in [1.82, 2.24) is 9.97 Å². The molecule has 2 aromatic heterocycles. The summed E-state index contributed by atoms with van der Waals surface area (Å²) < 4.78 is 4.14. The maximum atomic E-state index is 9.84. The van der Waals surface area contributed by atoms with Gasteiger partial charge < -0.3 is 4.74 Å². The van der Waals surface area contributed by atoms with Crippen molar-refractivity contribution >= 4 is 5.97 Å². The summed E-state index contributed by atoms with van der Waals surface area (Å²) in [7, 11) is 1.31. The van der Waals surface area contributed by atoms with Crippen LogP contribution in [0.2, 0.25) is 0 Å². The summed E-state index contributed by atoms with van der Waals surface area (Å²) >= 11 is 0. The van der Waals surface area contributed by atoms with Crippen LogP contribution in [0.1, 0.15) is 0 Å². The minimum absolute atomic E-state index is 0.394. The second-order valence-electron chi connectivity index (χ2n) is 3.16. The number of methoxy groups -OCH3 is 1. The van der Waals surface area contributed by atoms with E-state index < -0.39 is 5.97 Å². The average Bonchev–Trinajstić information content (AvgIpc) is 2.49. The molecule has 0 aliphatic rings. The lowest BCUT2D eigenvalue weighted by Crippen LogP contribution is -1.91. The molecule has 0 bridgehead atoms. The van der Waals surface area contributed by atoms with Crippen molar-refractivity contribution in [2.45, 2.75) is 0 Å². The van der Waals surface area contributed by atoms with Gasteiger partial charge >= 0.3 is 5.97 Å². The number of pyridine rings is 2. The molecule has 2 heterocycles. The summed E-state index contributed by atoms with van der Waals surface area (Å²) in [5.41, 5.74) is 1.83. The van der Waals surface area contributed by atoms with E-state index in [1.165, 1.54) is 7.11 Å². The number of rotatable bonds is 2. The number of nitrogens with zero attached hydrogens (tertiary/aromatic N) is 2. The third kappa shape index (κ3) is 4.57. The molecule has 92 valence electrons. The maximum absolute atomic E-state index is 9.84. The highest BCUT2D eigenvalue weighted by molar-refractivity contribution is 5.80. The smallest absolute Gasteiger partial charge is 0.329 e. The van der Waals surface area contributed by atoms with Crippen LogP contribution >= 0.6 is 0 Å². The minimum atomic E-state index is -0.394. The van der Waals surface area contributed by atoms with Gasteiger partial charge in [-0.25, -0.2) is 4.79 Å². The van der Waals surface area contributed by atoms with Gasteiger partial charge in [0, 0.05) is 18.5 Å². The van der Waals surface area contributed by atoms with E-state index in [4.69, 9.17) is 0 Å². The van der Waals surface area contributed by atoms with Crippen molar-refractivity contribution in [3.63, 3.8) is 0 Å². The number of ether oxygens (including phenoxy) is 1. The molecule has 0 atom stereocenters. The van der Waals surface area contributed by atoms with Crippen LogP contribution in [0.4, 0.5) is 0 Å². The summed E-state index contributed by atoms with van der Waals surface area (Å²) in [6.07, 6.45) is 4.65. The van der Waals surface area contributed by atoms with Crippen molar-refractivity contribution in [1.29, 1.82) is 0 Å². The summed E-state index contributed by atoms with van der Waals surface area (Å²) in [6.45, 7) is 3.16. The lowest BCUT2D eigenvalue weighted by Gasteiger charge is -1.96. The normalized spacial score (nSPS) is 8.72. The summed E-state index contributed by atoms with van der Waals surface area (Å²) in [5.74, 6) is -0.394. The largest absolute Gasteiger partial charge is 0.466 e. The van der Waals surface area contributed by atoms with Crippen molar-refractivity contribution in [3.8, 4) is 11.4 Å². The van der Waals surface area contributed by atoms with Gasteiger partial charge in [-0.15, -0.1) is 0 Å². The zero-order valence-electron chi connectivity index (χ0n) is 10.1. The van der Waals surface area contributed by atoms with Crippen LogP contribution < -0.4 is 0 Å². The predicted octanol–water partition coefficient (Wildman–Crippen LogP) is 2.49. The molecule has 0 N–H and O–H groups in total. The van der Waals surface area contributed by atoms with E-state index in [9.17, 15) is 4.79 Å². The van der Waals surface area contributed by atoms with Gasteiger partial charge in [0.05, 0.1) is 18.5 Å². The summed E-state index contributed by atoms with van der Waals surface area (Å²) in [4.78, 5) is 18.2. The Morgan fingerprint density at radius 1 is 1.11 bits per heavy atom. The average molecular weight is 242 g/mol. The topological polar surface area (TPSA) is 52.1 Å². The van der Waals surface area contributed by atoms with Gasteiger partial charge in [-0.3, -0.25) is 9.97 Å². The molecule has 0 aliphatic heterocycles. The molecule has 2 aromatic rings. The van der Waals surface area contributed by atoms with Crippen LogP contribution in [-0.2, 0) is 9.53 Å². The van der Waals surface area contributed by atoms with Crippen LogP contribution in [0.15, 0.2) is 61.4 Å². The maximum Gasteiger partial charge on any atom is 0.329 e. The second kappa shape index (κ2) is 7.73. The molecule has 0 spiro atoms. The Morgan fingerprint density at radius 2 is 1.61 bits per heavy atom. The highest BCUT2D eigenvalue weighted by atomic mass is 16.5. The lowest BCUT2D eigenvalue weighted by atomic mass is 10.2. The summed E-state index contributed by atoms with van der Waals surface area (Å²) in [5, 5.41) is 0. The first kappa shape index (κ1) is 13.6. The van der Waals surface area contributed by atoms with Crippen LogP contribution in [0.5, 0.6) is 0 Å². The van der Waals surface area contributed by atoms with Gasteiger partial charge in [0.2, 0.25) is 0 Å². The number of carbonyl (C=O) groups excluding carboxylic acids is 1. The zero-order valence-corrected chi connectivity index (χ0v) is 10.1. The number of esters is 1. The quantitative estimate of drug-likeness (QED) is 0.599. The van der Waals surface area contributed by atoms with Crippen LogP contribution in [0.3, 0.4) is 0 Å².